The molecule has 0 saturated carbocycles. The summed E-state index contributed by atoms with van der Waals surface area (Å²) in [6.45, 7) is 11.1. The summed E-state index contributed by atoms with van der Waals surface area (Å²) in [5.74, 6) is 0. The second-order valence-electron chi connectivity index (χ2n) is 6.67. The van der Waals surface area contributed by atoms with Gasteiger partial charge in [0, 0.05) is 31.7 Å². The highest BCUT2D eigenvalue weighted by Crippen LogP contribution is 2.16. The van der Waals surface area contributed by atoms with Crippen LogP contribution in [0.15, 0.2) is 18.2 Å². The van der Waals surface area contributed by atoms with Crippen molar-refractivity contribution in [3.63, 3.8) is 0 Å². The molecule has 0 spiro atoms. The maximum absolute atomic E-state index is 3.72. The van der Waals surface area contributed by atoms with Crippen LogP contribution < -0.4 is 5.32 Å². The molecule has 2 unspecified atom stereocenters. The molecule has 1 aromatic rings. The molecule has 3 nitrogen and oxygen atoms in total. The number of hydrogen-bond donors (Lipinski definition) is 1. The van der Waals surface area contributed by atoms with Gasteiger partial charge in [0.05, 0.1) is 0 Å². The van der Waals surface area contributed by atoms with Gasteiger partial charge in [0.15, 0.2) is 0 Å². The minimum absolute atomic E-state index is 0.518. The summed E-state index contributed by atoms with van der Waals surface area (Å²) in [5, 5.41) is 3.72. The van der Waals surface area contributed by atoms with E-state index in [2.05, 4.69) is 68.2 Å². The molecule has 1 N–H and O–H groups in total. The Morgan fingerprint density at radius 1 is 1.14 bits per heavy atom. The van der Waals surface area contributed by atoms with E-state index in [-0.39, 0.29) is 0 Å². The van der Waals surface area contributed by atoms with Gasteiger partial charge in [-0.05, 0) is 46.5 Å². The van der Waals surface area contributed by atoms with Crippen LogP contribution in [0.4, 0.5) is 0 Å². The zero-order valence-corrected chi connectivity index (χ0v) is 14.3. The first kappa shape index (κ1) is 16.5. The quantitative estimate of drug-likeness (QED) is 0.895. The number of hydrogen-bond acceptors (Lipinski definition) is 3. The molecule has 1 aliphatic heterocycles. The van der Waals surface area contributed by atoms with Gasteiger partial charge in [-0.15, -0.1) is 0 Å². The van der Waals surface area contributed by atoms with Crippen molar-refractivity contribution in [1.82, 2.24) is 15.1 Å². The smallest absolute Gasteiger partial charge is 0.0377 e. The first-order valence-corrected chi connectivity index (χ1v) is 8.19. The van der Waals surface area contributed by atoms with Crippen molar-refractivity contribution in [2.45, 2.75) is 39.3 Å². The molecule has 3 heteroatoms. The molecular formula is C18H31N3. The van der Waals surface area contributed by atoms with E-state index >= 15 is 0 Å². The molecule has 21 heavy (non-hydrogen) atoms. The lowest BCUT2D eigenvalue weighted by Gasteiger charge is -2.42. The van der Waals surface area contributed by atoms with Crippen LogP contribution in [0.2, 0.25) is 0 Å². The lowest BCUT2D eigenvalue weighted by Crippen LogP contribution is -2.59. The van der Waals surface area contributed by atoms with Crippen LogP contribution in [0.1, 0.15) is 23.6 Å². The maximum atomic E-state index is 3.72. The molecule has 0 bridgehead atoms. The molecule has 0 amide bonds. The Morgan fingerprint density at radius 2 is 1.81 bits per heavy atom. The molecule has 2 rings (SSSR count). The molecular weight excluding hydrogens is 258 g/mol. The summed E-state index contributed by atoms with van der Waals surface area (Å²) in [6.07, 6.45) is 1.11. The molecule has 1 aliphatic rings. The van der Waals surface area contributed by atoms with Gasteiger partial charge in [0.25, 0.3) is 0 Å². The average Bonchev–Trinajstić information content (AvgIpc) is 2.40. The average molecular weight is 289 g/mol. The summed E-state index contributed by atoms with van der Waals surface area (Å²) in [6, 6.07) is 8.04. The third kappa shape index (κ3) is 4.53. The normalized spacial score (nSPS) is 22.4. The van der Waals surface area contributed by atoms with Gasteiger partial charge in [-0.25, -0.2) is 0 Å². The number of piperazine rings is 1. The lowest BCUT2D eigenvalue weighted by molar-refractivity contribution is 0.0881. The van der Waals surface area contributed by atoms with Crippen molar-refractivity contribution in [3.05, 3.63) is 34.9 Å². The van der Waals surface area contributed by atoms with Crippen LogP contribution in [0.5, 0.6) is 0 Å². The molecule has 118 valence electrons. The van der Waals surface area contributed by atoms with Gasteiger partial charge in [-0.1, -0.05) is 36.2 Å². The van der Waals surface area contributed by atoms with Crippen molar-refractivity contribution in [2.24, 2.45) is 0 Å². The summed E-state index contributed by atoms with van der Waals surface area (Å²) in [4.78, 5) is 4.98. The molecule has 2 atom stereocenters. The third-order valence-electron chi connectivity index (χ3n) is 4.57. The van der Waals surface area contributed by atoms with Crippen LogP contribution in [0.25, 0.3) is 0 Å². The summed E-state index contributed by atoms with van der Waals surface area (Å²) >= 11 is 0. The summed E-state index contributed by atoms with van der Waals surface area (Å²) < 4.78 is 0. The van der Waals surface area contributed by atoms with Crippen molar-refractivity contribution in [2.75, 3.05) is 40.3 Å². The van der Waals surface area contributed by atoms with Crippen molar-refractivity contribution < 1.29 is 0 Å². The van der Waals surface area contributed by atoms with E-state index in [1.807, 2.05) is 0 Å². The second kappa shape index (κ2) is 7.39. The Morgan fingerprint density at radius 3 is 2.43 bits per heavy atom. The van der Waals surface area contributed by atoms with Gasteiger partial charge in [-0.3, -0.25) is 4.90 Å². The minimum Gasteiger partial charge on any atom is -0.312 e. The van der Waals surface area contributed by atoms with E-state index in [4.69, 9.17) is 0 Å². The fourth-order valence-corrected chi connectivity index (χ4v) is 3.53. The fraction of sp³-hybridized carbons (Fsp3) is 0.667. The third-order valence-corrected chi connectivity index (χ3v) is 4.57. The van der Waals surface area contributed by atoms with E-state index in [9.17, 15) is 0 Å². The van der Waals surface area contributed by atoms with Gasteiger partial charge in [-0.2, -0.15) is 0 Å². The SMILES string of the molecule is CCNC(Cc1cc(C)cc(C)c1)C1CN(C)CCN1C. The maximum Gasteiger partial charge on any atom is 0.0377 e. The number of aryl methyl sites for hydroxylation is 2. The minimum atomic E-state index is 0.518. The van der Waals surface area contributed by atoms with Crippen molar-refractivity contribution in [1.29, 1.82) is 0 Å². The second-order valence-corrected chi connectivity index (χ2v) is 6.67. The van der Waals surface area contributed by atoms with E-state index in [0.29, 0.717) is 12.1 Å². The van der Waals surface area contributed by atoms with Crippen LogP contribution in [0, 0.1) is 13.8 Å². The number of rotatable bonds is 5. The van der Waals surface area contributed by atoms with Crippen LogP contribution in [-0.4, -0.2) is 62.2 Å². The number of nitrogens with zero attached hydrogens (tertiary/aromatic N) is 2. The van der Waals surface area contributed by atoms with Crippen molar-refractivity contribution in [3.8, 4) is 0 Å². The Bertz CT molecular complexity index is 438. The molecule has 1 aromatic carbocycles. The molecule has 0 radical (unpaired) electrons. The molecule has 0 aliphatic carbocycles. The highest BCUT2D eigenvalue weighted by atomic mass is 15.3. The Hall–Kier alpha value is -0.900. The van der Waals surface area contributed by atoms with Crippen LogP contribution in [0.3, 0.4) is 0 Å². The number of likely N-dealkylation sites (N-methyl/N-ethyl adjacent to an activating group) is 3. The standard InChI is InChI=1S/C18H31N3/c1-6-19-17(18-13-20(4)7-8-21(18)5)12-16-10-14(2)9-15(3)11-16/h9-11,17-19H,6-8,12-13H2,1-5H3. The predicted molar refractivity (Wildman–Crippen MR) is 91.0 cm³/mol. The van der Waals surface area contributed by atoms with Crippen LogP contribution >= 0.6 is 0 Å². The fourth-order valence-electron chi connectivity index (χ4n) is 3.53. The predicted octanol–water partition coefficient (Wildman–Crippen LogP) is 2.07. The molecule has 1 saturated heterocycles. The van der Waals surface area contributed by atoms with Crippen molar-refractivity contribution >= 4 is 0 Å². The van der Waals surface area contributed by atoms with E-state index in [0.717, 1.165) is 26.1 Å². The van der Waals surface area contributed by atoms with Crippen LogP contribution in [-0.2, 0) is 6.42 Å². The first-order chi connectivity index (χ1) is 9.99. The topological polar surface area (TPSA) is 18.5 Å². The van der Waals surface area contributed by atoms with E-state index in [1.54, 1.807) is 0 Å². The monoisotopic (exact) mass is 289 g/mol. The highest BCUT2D eigenvalue weighted by molar-refractivity contribution is 5.29. The summed E-state index contributed by atoms with van der Waals surface area (Å²) in [7, 11) is 4.50. The van der Waals surface area contributed by atoms with Gasteiger partial charge in [0.1, 0.15) is 0 Å². The molecule has 1 heterocycles. The van der Waals surface area contributed by atoms with Gasteiger partial charge >= 0.3 is 0 Å². The zero-order chi connectivity index (χ0) is 15.4. The van der Waals surface area contributed by atoms with Gasteiger partial charge < -0.3 is 10.2 Å². The zero-order valence-electron chi connectivity index (χ0n) is 14.3. The van der Waals surface area contributed by atoms with Gasteiger partial charge in [0.2, 0.25) is 0 Å². The molecule has 1 fully saturated rings. The lowest BCUT2D eigenvalue weighted by atomic mass is 9.94. The Labute approximate surface area is 130 Å². The van der Waals surface area contributed by atoms with E-state index in [1.165, 1.54) is 23.2 Å². The highest BCUT2D eigenvalue weighted by Gasteiger charge is 2.29. The Kier molecular flexibility index (Phi) is 5.80. The Balaban J connectivity index is 2.14. The first-order valence-electron chi connectivity index (χ1n) is 8.19. The molecule has 0 aromatic heterocycles. The number of benzene rings is 1. The largest absolute Gasteiger partial charge is 0.312 e. The number of nitrogens with one attached hydrogen (secondary N) is 1. The van der Waals surface area contributed by atoms with E-state index < -0.39 is 0 Å². The summed E-state index contributed by atoms with van der Waals surface area (Å²) in [5.41, 5.74) is 4.20.